The van der Waals surface area contributed by atoms with Crippen LogP contribution < -0.4 is 5.73 Å². The minimum atomic E-state index is 0.426. The number of hydrogen-bond donors (Lipinski definition) is 1. The van der Waals surface area contributed by atoms with Gasteiger partial charge in [-0.1, -0.05) is 40.0 Å². The maximum atomic E-state index is 6.09. The van der Waals surface area contributed by atoms with Gasteiger partial charge in [0.05, 0.1) is 0 Å². The summed E-state index contributed by atoms with van der Waals surface area (Å²) < 4.78 is 0. The summed E-state index contributed by atoms with van der Waals surface area (Å²) in [5.74, 6) is 2.51. The Morgan fingerprint density at radius 3 is 2.54 bits per heavy atom. The van der Waals surface area contributed by atoms with E-state index in [1.807, 2.05) is 0 Å². The Labute approximate surface area is 83.1 Å². The van der Waals surface area contributed by atoms with Crippen molar-refractivity contribution in [3.05, 3.63) is 0 Å². The molecular formula is C12H25N. The average Bonchev–Trinajstić information content (AvgIpc) is 2.04. The van der Waals surface area contributed by atoms with E-state index in [1.165, 1.54) is 32.1 Å². The smallest absolute Gasteiger partial charge is 0.00645 e. The summed E-state index contributed by atoms with van der Waals surface area (Å²) in [6.07, 6.45) is 6.96. The molecule has 0 aromatic rings. The highest BCUT2D eigenvalue weighted by Crippen LogP contribution is 2.31. The second-order valence-corrected chi connectivity index (χ2v) is 5.28. The van der Waals surface area contributed by atoms with E-state index in [1.54, 1.807) is 0 Å². The van der Waals surface area contributed by atoms with Crippen molar-refractivity contribution in [3.8, 4) is 0 Å². The topological polar surface area (TPSA) is 26.0 Å². The summed E-state index contributed by atoms with van der Waals surface area (Å²) in [5.41, 5.74) is 6.09. The van der Waals surface area contributed by atoms with E-state index >= 15 is 0 Å². The third kappa shape index (κ3) is 3.68. The van der Waals surface area contributed by atoms with Crippen molar-refractivity contribution in [1.82, 2.24) is 0 Å². The lowest BCUT2D eigenvalue weighted by Gasteiger charge is -2.29. The average molecular weight is 183 g/mol. The normalized spacial score (nSPS) is 32.1. The van der Waals surface area contributed by atoms with Crippen molar-refractivity contribution in [2.75, 3.05) is 0 Å². The first kappa shape index (κ1) is 11.0. The molecule has 3 atom stereocenters. The molecule has 1 rings (SSSR count). The van der Waals surface area contributed by atoms with E-state index in [0.29, 0.717) is 12.0 Å². The van der Waals surface area contributed by atoms with Crippen molar-refractivity contribution in [3.63, 3.8) is 0 Å². The fourth-order valence-electron chi connectivity index (χ4n) is 2.43. The van der Waals surface area contributed by atoms with Crippen LogP contribution in [0.4, 0.5) is 0 Å². The Morgan fingerprint density at radius 1 is 1.31 bits per heavy atom. The van der Waals surface area contributed by atoms with Crippen LogP contribution in [0.15, 0.2) is 0 Å². The SMILES string of the molecule is CC1CCCC(CC(N)C(C)C)C1. The van der Waals surface area contributed by atoms with Crippen molar-refractivity contribution < 1.29 is 0 Å². The highest BCUT2D eigenvalue weighted by Gasteiger charge is 2.21. The predicted octanol–water partition coefficient (Wildman–Crippen LogP) is 3.19. The van der Waals surface area contributed by atoms with Gasteiger partial charge in [-0.3, -0.25) is 0 Å². The molecule has 1 aliphatic carbocycles. The molecule has 1 saturated carbocycles. The van der Waals surface area contributed by atoms with Gasteiger partial charge in [-0.05, 0) is 30.6 Å². The molecule has 2 N–H and O–H groups in total. The second-order valence-electron chi connectivity index (χ2n) is 5.28. The number of nitrogens with two attached hydrogens (primary N) is 1. The van der Waals surface area contributed by atoms with Crippen LogP contribution in [0.3, 0.4) is 0 Å². The van der Waals surface area contributed by atoms with Gasteiger partial charge in [0.15, 0.2) is 0 Å². The van der Waals surface area contributed by atoms with Crippen molar-refractivity contribution in [2.45, 2.75) is 58.9 Å². The molecule has 0 saturated heterocycles. The van der Waals surface area contributed by atoms with Crippen LogP contribution >= 0.6 is 0 Å². The van der Waals surface area contributed by atoms with Gasteiger partial charge in [0.25, 0.3) is 0 Å². The summed E-state index contributed by atoms with van der Waals surface area (Å²) in [4.78, 5) is 0. The van der Waals surface area contributed by atoms with Crippen LogP contribution in [0.1, 0.15) is 52.9 Å². The first-order chi connectivity index (χ1) is 6.09. The van der Waals surface area contributed by atoms with Crippen LogP contribution in [0.2, 0.25) is 0 Å². The molecule has 13 heavy (non-hydrogen) atoms. The van der Waals surface area contributed by atoms with Crippen molar-refractivity contribution in [2.24, 2.45) is 23.5 Å². The minimum Gasteiger partial charge on any atom is -0.327 e. The van der Waals surface area contributed by atoms with Crippen LogP contribution in [0, 0.1) is 17.8 Å². The van der Waals surface area contributed by atoms with Crippen LogP contribution in [-0.2, 0) is 0 Å². The zero-order valence-electron chi connectivity index (χ0n) is 9.42. The van der Waals surface area contributed by atoms with Gasteiger partial charge in [0.1, 0.15) is 0 Å². The lowest BCUT2D eigenvalue weighted by atomic mass is 9.78. The summed E-state index contributed by atoms with van der Waals surface area (Å²) in [7, 11) is 0. The zero-order chi connectivity index (χ0) is 9.84. The predicted molar refractivity (Wildman–Crippen MR) is 58.6 cm³/mol. The van der Waals surface area contributed by atoms with E-state index in [9.17, 15) is 0 Å². The fraction of sp³-hybridized carbons (Fsp3) is 1.00. The van der Waals surface area contributed by atoms with Gasteiger partial charge >= 0.3 is 0 Å². The van der Waals surface area contributed by atoms with Gasteiger partial charge in [-0.25, -0.2) is 0 Å². The lowest BCUT2D eigenvalue weighted by Crippen LogP contribution is -2.30. The van der Waals surface area contributed by atoms with E-state index in [0.717, 1.165) is 11.8 Å². The summed E-state index contributed by atoms with van der Waals surface area (Å²) in [6, 6.07) is 0.426. The van der Waals surface area contributed by atoms with Crippen molar-refractivity contribution >= 4 is 0 Å². The van der Waals surface area contributed by atoms with Crippen LogP contribution in [-0.4, -0.2) is 6.04 Å². The molecule has 0 radical (unpaired) electrons. The third-order valence-electron chi connectivity index (χ3n) is 3.51. The quantitative estimate of drug-likeness (QED) is 0.714. The highest BCUT2D eigenvalue weighted by atomic mass is 14.6. The van der Waals surface area contributed by atoms with Crippen LogP contribution in [0.5, 0.6) is 0 Å². The molecule has 1 heteroatoms. The van der Waals surface area contributed by atoms with E-state index in [-0.39, 0.29) is 0 Å². The van der Waals surface area contributed by atoms with Gasteiger partial charge in [-0.15, -0.1) is 0 Å². The third-order valence-corrected chi connectivity index (χ3v) is 3.51. The lowest BCUT2D eigenvalue weighted by molar-refractivity contribution is 0.243. The Bertz CT molecular complexity index is 142. The van der Waals surface area contributed by atoms with Gasteiger partial charge in [0, 0.05) is 6.04 Å². The first-order valence-corrected chi connectivity index (χ1v) is 5.85. The van der Waals surface area contributed by atoms with Gasteiger partial charge in [0.2, 0.25) is 0 Å². The molecule has 1 fully saturated rings. The molecule has 1 nitrogen and oxygen atoms in total. The molecule has 0 amide bonds. The fourth-order valence-corrected chi connectivity index (χ4v) is 2.43. The Morgan fingerprint density at radius 2 is 2.00 bits per heavy atom. The van der Waals surface area contributed by atoms with E-state index in [2.05, 4.69) is 20.8 Å². The summed E-state index contributed by atoms with van der Waals surface area (Å²) in [5, 5.41) is 0. The maximum absolute atomic E-state index is 6.09. The Hall–Kier alpha value is -0.0400. The Balaban J connectivity index is 2.27. The molecule has 78 valence electrons. The molecule has 0 heterocycles. The monoisotopic (exact) mass is 183 g/mol. The zero-order valence-corrected chi connectivity index (χ0v) is 9.42. The van der Waals surface area contributed by atoms with E-state index in [4.69, 9.17) is 5.73 Å². The van der Waals surface area contributed by atoms with Gasteiger partial charge < -0.3 is 5.73 Å². The summed E-state index contributed by atoms with van der Waals surface area (Å²) >= 11 is 0. The van der Waals surface area contributed by atoms with Gasteiger partial charge in [-0.2, -0.15) is 0 Å². The molecule has 0 bridgehead atoms. The molecule has 3 unspecified atom stereocenters. The second kappa shape index (κ2) is 4.99. The highest BCUT2D eigenvalue weighted by molar-refractivity contribution is 4.76. The molecule has 0 spiro atoms. The van der Waals surface area contributed by atoms with Crippen LogP contribution in [0.25, 0.3) is 0 Å². The first-order valence-electron chi connectivity index (χ1n) is 5.85. The largest absolute Gasteiger partial charge is 0.327 e. The van der Waals surface area contributed by atoms with E-state index < -0.39 is 0 Å². The molecule has 0 aromatic heterocycles. The molecule has 0 aromatic carbocycles. The van der Waals surface area contributed by atoms with Crippen molar-refractivity contribution in [1.29, 1.82) is 0 Å². The molecule has 0 aliphatic heterocycles. The number of rotatable bonds is 3. The maximum Gasteiger partial charge on any atom is 0.00645 e. The summed E-state index contributed by atoms with van der Waals surface area (Å²) in [6.45, 7) is 6.85. The minimum absolute atomic E-state index is 0.426. The Kier molecular flexibility index (Phi) is 4.24. The molecule has 1 aliphatic rings. The molecular weight excluding hydrogens is 158 g/mol. The number of hydrogen-bond acceptors (Lipinski definition) is 1. The standard InChI is InChI=1S/C12H25N/c1-9(2)12(13)8-11-6-4-5-10(3)7-11/h9-12H,4-8,13H2,1-3H3.